The molecule has 1 unspecified atom stereocenters. The van der Waals surface area contributed by atoms with Crippen LogP contribution in [0.1, 0.15) is 33.9 Å². The van der Waals surface area contributed by atoms with Crippen LogP contribution in [0.4, 0.5) is 8.78 Å². The summed E-state index contributed by atoms with van der Waals surface area (Å²) in [7, 11) is 0. The molecule has 3 aromatic rings. The molecule has 0 saturated carbocycles. The fraction of sp³-hybridized carbons (Fsp3) is 0.0625. The number of hydrogen-bond donors (Lipinski definition) is 2. The average molecular weight is 331 g/mol. The zero-order valence-electron chi connectivity index (χ0n) is 12.1. The van der Waals surface area contributed by atoms with Crippen LogP contribution in [-0.4, -0.2) is 26.1 Å². The molecular formula is C16H11F2N3O3. The number of rotatable bonds is 5. The number of ketones is 1. The van der Waals surface area contributed by atoms with E-state index in [0.29, 0.717) is 0 Å². The Bertz CT molecular complexity index is 888. The van der Waals surface area contributed by atoms with E-state index in [1.54, 1.807) is 0 Å². The summed E-state index contributed by atoms with van der Waals surface area (Å²) in [6.07, 6.45) is 0.177. The number of furan rings is 1. The van der Waals surface area contributed by atoms with Gasteiger partial charge in [-0.1, -0.05) is 18.2 Å². The number of H-pyrrole nitrogens is 1. The summed E-state index contributed by atoms with van der Waals surface area (Å²) >= 11 is 0. The molecule has 0 amide bonds. The predicted octanol–water partition coefficient (Wildman–Crippen LogP) is 3.38. The maximum absolute atomic E-state index is 14.4. The highest BCUT2D eigenvalue weighted by Gasteiger charge is 2.21. The number of aromatic amines is 1. The molecule has 8 heteroatoms. The number of alkyl halides is 1. The Labute approximate surface area is 134 Å². The minimum Gasteiger partial charge on any atom is -0.504 e. The Morgan fingerprint density at radius 3 is 2.79 bits per heavy atom. The van der Waals surface area contributed by atoms with E-state index in [1.807, 2.05) is 0 Å². The van der Waals surface area contributed by atoms with Crippen molar-refractivity contribution in [3.05, 3.63) is 77.5 Å². The third-order valence-corrected chi connectivity index (χ3v) is 3.22. The van der Waals surface area contributed by atoms with Gasteiger partial charge >= 0.3 is 0 Å². The highest BCUT2D eigenvalue weighted by Crippen LogP contribution is 2.29. The third-order valence-electron chi connectivity index (χ3n) is 3.22. The first-order chi connectivity index (χ1) is 11.6. The SMILES string of the molecule is O=C(C=C(O)c1ncn[nH]1)c1ccc(C(F)c2ccccc2F)o1. The van der Waals surface area contributed by atoms with Crippen LogP contribution in [0.2, 0.25) is 0 Å². The number of benzene rings is 1. The zero-order valence-corrected chi connectivity index (χ0v) is 12.1. The first-order valence-electron chi connectivity index (χ1n) is 6.85. The largest absolute Gasteiger partial charge is 0.504 e. The summed E-state index contributed by atoms with van der Waals surface area (Å²) in [5.74, 6) is -2.26. The van der Waals surface area contributed by atoms with E-state index in [1.165, 1.54) is 30.3 Å². The molecule has 24 heavy (non-hydrogen) atoms. The van der Waals surface area contributed by atoms with Crippen molar-refractivity contribution >= 4 is 11.5 Å². The third kappa shape index (κ3) is 3.07. The highest BCUT2D eigenvalue weighted by molar-refractivity contribution is 6.05. The van der Waals surface area contributed by atoms with Gasteiger partial charge in [0.1, 0.15) is 17.9 Å². The molecule has 0 aliphatic carbocycles. The number of nitrogens with zero attached hydrogens (tertiary/aromatic N) is 2. The number of aliphatic hydroxyl groups excluding tert-OH is 1. The quantitative estimate of drug-likeness (QED) is 0.425. The number of aliphatic hydroxyl groups is 1. The Morgan fingerprint density at radius 1 is 1.29 bits per heavy atom. The topological polar surface area (TPSA) is 92.0 Å². The molecule has 0 aliphatic heterocycles. The summed E-state index contributed by atoms with van der Waals surface area (Å²) in [6.45, 7) is 0. The Hall–Kier alpha value is -3.29. The van der Waals surface area contributed by atoms with E-state index >= 15 is 0 Å². The molecule has 1 aromatic carbocycles. The lowest BCUT2D eigenvalue weighted by atomic mass is 10.1. The Balaban J connectivity index is 1.82. The maximum Gasteiger partial charge on any atom is 0.224 e. The molecule has 0 radical (unpaired) electrons. The van der Waals surface area contributed by atoms with Gasteiger partial charge in [-0.25, -0.2) is 13.8 Å². The number of carbonyl (C=O) groups is 1. The zero-order chi connectivity index (χ0) is 17.1. The van der Waals surface area contributed by atoms with Gasteiger partial charge in [-0.2, -0.15) is 5.10 Å². The van der Waals surface area contributed by atoms with Crippen molar-refractivity contribution in [3.63, 3.8) is 0 Å². The second-order valence-corrected chi connectivity index (χ2v) is 4.81. The number of hydrogen-bond acceptors (Lipinski definition) is 5. The van der Waals surface area contributed by atoms with E-state index in [9.17, 15) is 18.7 Å². The van der Waals surface area contributed by atoms with Crippen LogP contribution in [0.5, 0.6) is 0 Å². The lowest BCUT2D eigenvalue weighted by Crippen LogP contribution is -1.98. The van der Waals surface area contributed by atoms with Crippen LogP contribution < -0.4 is 0 Å². The standard InChI is InChI=1S/C16H11F2N3O3/c17-10-4-2-1-3-9(10)15(18)14-6-5-13(24-14)11(22)7-12(23)16-19-8-20-21-16/h1-8,15,23H,(H,19,20,21). The van der Waals surface area contributed by atoms with Crippen molar-refractivity contribution in [2.75, 3.05) is 0 Å². The number of halogens is 2. The molecule has 3 rings (SSSR count). The molecule has 0 fully saturated rings. The lowest BCUT2D eigenvalue weighted by Gasteiger charge is -2.06. The molecule has 0 spiro atoms. The first-order valence-corrected chi connectivity index (χ1v) is 6.85. The molecule has 1 atom stereocenters. The normalized spacial score (nSPS) is 13.0. The number of carbonyl (C=O) groups excluding carboxylic acids is 1. The van der Waals surface area contributed by atoms with Crippen molar-refractivity contribution in [3.8, 4) is 0 Å². The molecule has 0 saturated heterocycles. The van der Waals surface area contributed by atoms with Gasteiger partial charge in [-0.05, 0) is 18.2 Å². The summed E-state index contributed by atoms with van der Waals surface area (Å²) in [5.41, 5.74) is -0.189. The van der Waals surface area contributed by atoms with Crippen LogP contribution in [0.15, 0.2) is 53.2 Å². The fourth-order valence-corrected chi connectivity index (χ4v) is 2.05. The van der Waals surface area contributed by atoms with Crippen LogP contribution in [0.25, 0.3) is 5.76 Å². The van der Waals surface area contributed by atoms with Gasteiger partial charge in [0.25, 0.3) is 0 Å². The minimum absolute atomic E-state index is 0.00449. The van der Waals surface area contributed by atoms with Gasteiger partial charge < -0.3 is 9.52 Å². The second kappa shape index (κ2) is 6.45. The smallest absolute Gasteiger partial charge is 0.224 e. The fourth-order valence-electron chi connectivity index (χ4n) is 2.05. The minimum atomic E-state index is -1.85. The molecule has 2 heterocycles. The first kappa shape index (κ1) is 15.6. The maximum atomic E-state index is 14.4. The second-order valence-electron chi connectivity index (χ2n) is 4.81. The number of nitrogens with one attached hydrogen (secondary N) is 1. The van der Waals surface area contributed by atoms with Crippen molar-refractivity contribution in [1.29, 1.82) is 0 Å². The van der Waals surface area contributed by atoms with E-state index in [0.717, 1.165) is 18.5 Å². The highest BCUT2D eigenvalue weighted by atomic mass is 19.1. The van der Waals surface area contributed by atoms with Gasteiger partial charge in [0.2, 0.25) is 5.78 Å². The van der Waals surface area contributed by atoms with E-state index < -0.39 is 23.5 Å². The summed E-state index contributed by atoms with van der Waals surface area (Å²) in [5, 5.41) is 15.6. The summed E-state index contributed by atoms with van der Waals surface area (Å²) in [4.78, 5) is 15.7. The van der Waals surface area contributed by atoms with Crippen molar-refractivity contribution in [2.45, 2.75) is 6.17 Å². The van der Waals surface area contributed by atoms with Gasteiger partial charge in [0, 0.05) is 11.6 Å². The van der Waals surface area contributed by atoms with Crippen LogP contribution >= 0.6 is 0 Å². The van der Waals surface area contributed by atoms with E-state index in [2.05, 4.69) is 15.2 Å². The summed E-state index contributed by atoms with van der Waals surface area (Å²) < 4.78 is 33.1. The molecule has 2 N–H and O–H groups in total. The van der Waals surface area contributed by atoms with Gasteiger partial charge in [-0.15, -0.1) is 0 Å². The van der Waals surface area contributed by atoms with Crippen molar-refractivity contribution in [2.24, 2.45) is 0 Å². The number of allylic oxidation sites excluding steroid dienone is 1. The van der Waals surface area contributed by atoms with Crippen molar-refractivity contribution < 1.29 is 23.1 Å². The molecule has 122 valence electrons. The molecule has 0 bridgehead atoms. The van der Waals surface area contributed by atoms with Crippen LogP contribution in [-0.2, 0) is 0 Å². The predicted molar refractivity (Wildman–Crippen MR) is 79.4 cm³/mol. The van der Waals surface area contributed by atoms with Gasteiger partial charge in [0.15, 0.2) is 23.5 Å². The molecule has 6 nitrogen and oxygen atoms in total. The Kier molecular flexibility index (Phi) is 4.19. The molecule has 0 aliphatic rings. The van der Waals surface area contributed by atoms with Crippen LogP contribution in [0, 0.1) is 5.82 Å². The van der Waals surface area contributed by atoms with Gasteiger partial charge in [0.05, 0.1) is 0 Å². The summed E-state index contributed by atoms with van der Waals surface area (Å²) in [6, 6.07) is 7.85. The Morgan fingerprint density at radius 2 is 2.08 bits per heavy atom. The van der Waals surface area contributed by atoms with Crippen LogP contribution in [0.3, 0.4) is 0 Å². The van der Waals surface area contributed by atoms with E-state index in [4.69, 9.17) is 4.42 Å². The molecular weight excluding hydrogens is 320 g/mol. The van der Waals surface area contributed by atoms with Gasteiger partial charge in [-0.3, -0.25) is 9.89 Å². The lowest BCUT2D eigenvalue weighted by molar-refractivity contribution is 0.101. The van der Waals surface area contributed by atoms with E-state index in [-0.39, 0.29) is 22.9 Å². The van der Waals surface area contributed by atoms with Crippen molar-refractivity contribution in [1.82, 2.24) is 15.2 Å². The monoisotopic (exact) mass is 331 g/mol. The molecule has 2 aromatic heterocycles. The average Bonchev–Trinajstić information content (AvgIpc) is 3.26. The number of aromatic nitrogens is 3.